The predicted molar refractivity (Wildman–Crippen MR) is 62.0 cm³/mol. The molecule has 0 aliphatic carbocycles. The van der Waals surface area contributed by atoms with Crippen LogP contribution in [0.2, 0.25) is 0 Å². The molecule has 1 N–H and O–H groups in total. The number of ether oxygens (including phenoxy) is 5. The number of rotatable bonds is 2. The molecule has 0 aromatic carbocycles. The quantitative estimate of drug-likeness (QED) is 0.771. The van der Waals surface area contributed by atoms with Crippen LogP contribution in [0, 0.1) is 0 Å². The minimum Gasteiger partial charge on any atom is -0.388 e. The summed E-state index contributed by atoms with van der Waals surface area (Å²) in [7, 11) is 3.06. The third-order valence-corrected chi connectivity index (χ3v) is 4.02. The summed E-state index contributed by atoms with van der Waals surface area (Å²) in [5, 5.41) is 9.97. The van der Waals surface area contributed by atoms with Crippen LogP contribution in [0.15, 0.2) is 0 Å². The van der Waals surface area contributed by atoms with Crippen LogP contribution in [0.3, 0.4) is 0 Å². The molecule has 6 atom stereocenters. The molecular weight excluding hydrogens is 240 g/mol. The molecular formula is C12H22O6. The van der Waals surface area contributed by atoms with Crippen molar-refractivity contribution in [1.29, 1.82) is 0 Å². The lowest BCUT2D eigenvalue weighted by molar-refractivity contribution is -0.467. The van der Waals surface area contributed by atoms with Crippen molar-refractivity contribution < 1.29 is 28.8 Å². The Hall–Kier alpha value is -0.240. The summed E-state index contributed by atoms with van der Waals surface area (Å²) >= 11 is 0. The average molecular weight is 262 g/mol. The summed E-state index contributed by atoms with van der Waals surface area (Å²) in [6, 6.07) is 0. The van der Waals surface area contributed by atoms with Crippen LogP contribution in [-0.4, -0.2) is 61.9 Å². The van der Waals surface area contributed by atoms with Gasteiger partial charge in [0.15, 0.2) is 0 Å². The van der Waals surface area contributed by atoms with Crippen molar-refractivity contribution in [2.45, 2.75) is 56.8 Å². The van der Waals surface area contributed by atoms with Crippen LogP contribution in [-0.2, 0) is 23.7 Å². The van der Waals surface area contributed by atoms with Crippen molar-refractivity contribution in [2.75, 3.05) is 20.8 Å². The van der Waals surface area contributed by atoms with E-state index in [4.69, 9.17) is 23.7 Å². The normalized spacial score (nSPS) is 53.0. The molecule has 6 heteroatoms. The maximum absolute atomic E-state index is 9.97. The fraction of sp³-hybridized carbons (Fsp3) is 1.00. The highest BCUT2D eigenvalue weighted by molar-refractivity contribution is 4.97. The summed E-state index contributed by atoms with van der Waals surface area (Å²) in [4.78, 5) is 0. The fourth-order valence-corrected chi connectivity index (χ4v) is 2.44. The Morgan fingerprint density at radius 3 is 2.06 bits per heavy atom. The van der Waals surface area contributed by atoms with Gasteiger partial charge in [0.25, 0.3) is 0 Å². The molecule has 106 valence electrons. The molecule has 0 saturated carbocycles. The number of methoxy groups -OCH3 is 2. The van der Waals surface area contributed by atoms with Gasteiger partial charge in [-0.15, -0.1) is 0 Å². The number of aliphatic hydroxyl groups excluding tert-OH is 1. The molecule has 0 aromatic rings. The summed E-state index contributed by atoms with van der Waals surface area (Å²) < 4.78 is 28.1. The van der Waals surface area contributed by atoms with Crippen molar-refractivity contribution >= 4 is 0 Å². The van der Waals surface area contributed by atoms with Gasteiger partial charge in [-0.05, 0) is 20.8 Å². The minimum absolute atomic E-state index is 0.172. The van der Waals surface area contributed by atoms with Crippen molar-refractivity contribution in [3.05, 3.63) is 0 Å². The van der Waals surface area contributed by atoms with Gasteiger partial charge >= 0.3 is 0 Å². The molecule has 0 bridgehead atoms. The molecule has 2 rings (SSSR count). The van der Waals surface area contributed by atoms with E-state index in [2.05, 4.69) is 0 Å². The first-order valence-corrected chi connectivity index (χ1v) is 6.12. The number of aliphatic hydroxyl groups is 1. The third kappa shape index (κ3) is 1.97. The Balaban J connectivity index is 2.29. The van der Waals surface area contributed by atoms with Crippen LogP contribution < -0.4 is 0 Å². The molecule has 18 heavy (non-hydrogen) atoms. The zero-order valence-electron chi connectivity index (χ0n) is 11.5. The number of hydrogen-bond acceptors (Lipinski definition) is 6. The maximum atomic E-state index is 9.97. The summed E-state index contributed by atoms with van der Waals surface area (Å²) in [5.41, 5.74) is 0. The highest BCUT2D eigenvalue weighted by Crippen LogP contribution is 2.42. The van der Waals surface area contributed by atoms with Gasteiger partial charge in [0, 0.05) is 14.2 Å². The average Bonchev–Trinajstić information content (AvgIpc) is 2.36. The van der Waals surface area contributed by atoms with Crippen LogP contribution in [0.5, 0.6) is 0 Å². The second-order valence-corrected chi connectivity index (χ2v) is 5.07. The van der Waals surface area contributed by atoms with E-state index in [0.717, 1.165) is 0 Å². The summed E-state index contributed by atoms with van der Waals surface area (Å²) in [6.07, 6.45) is -1.78. The molecule has 2 aliphatic rings. The zero-order chi connectivity index (χ0) is 13.6. The SMILES string of the molecule is COC1(C)O[C@H]2[C@H](O[C@]1(C)OC)C(C)OC[C@@H]2O. The van der Waals surface area contributed by atoms with E-state index >= 15 is 0 Å². The summed E-state index contributed by atoms with van der Waals surface area (Å²) in [5.74, 6) is -2.14. The smallest absolute Gasteiger partial charge is 0.220 e. The van der Waals surface area contributed by atoms with E-state index in [1.54, 1.807) is 13.8 Å². The Kier molecular flexibility index (Phi) is 3.70. The minimum atomic E-state index is -1.08. The van der Waals surface area contributed by atoms with E-state index in [9.17, 15) is 5.11 Å². The molecule has 0 aromatic heterocycles. The molecule has 2 aliphatic heterocycles. The molecule has 2 fully saturated rings. The van der Waals surface area contributed by atoms with Crippen LogP contribution >= 0.6 is 0 Å². The third-order valence-electron chi connectivity index (χ3n) is 4.02. The molecule has 6 nitrogen and oxygen atoms in total. The predicted octanol–water partition coefficient (Wildman–Crippen LogP) is 0.275. The van der Waals surface area contributed by atoms with E-state index < -0.39 is 23.8 Å². The van der Waals surface area contributed by atoms with Crippen molar-refractivity contribution in [3.63, 3.8) is 0 Å². The Bertz CT molecular complexity index is 281. The van der Waals surface area contributed by atoms with Crippen molar-refractivity contribution in [3.8, 4) is 0 Å². The van der Waals surface area contributed by atoms with Gasteiger partial charge in [0.2, 0.25) is 11.6 Å². The Morgan fingerprint density at radius 2 is 1.56 bits per heavy atom. The van der Waals surface area contributed by atoms with E-state index in [0.29, 0.717) is 0 Å². The Labute approximate surface area is 107 Å². The molecule has 2 unspecified atom stereocenters. The lowest BCUT2D eigenvalue weighted by Crippen LogP contribution is -2.70. The first-order valence-electron chi connectivity index (χ1n) is 6.12. The van der Waals surface area contributed by atoms with E-state index in [1.807, 2.05) is 6.92 Å². The van der Waals surface area contributed by atoms with Gasteiger partial charge in [-0.1, -0.05) is 0 Å². The van der Waals surface area contributed by atoms with Gasteiger partial charge in [0.1, 0.15) is 18.3 Å². The van der Waals surface area contributed by atoms with Gasteiger partial charge in [-0.3, -0.25) is 0 Å². The molecule has 2 saturated heterocycles. The highest BCUT2D eigenvalue weighted by atomic mass is 16.8. The van der Waals surface area contributed by atoms with Gasteiger partial charge in [0.05, 0.1) is 12.7 Å². The molecule has 2 heterocycles. The second-order valence-electron chi connectivity index (χ2n) is 5.07. The highest BCUT2D eigenvalue weighted by Gasteiger charge is 2.60. The van der Waals surface area contributed by atoms with Crippen LogP contribution in [0.4, 0.5) is 0 Å². The molecule has 0 radical (unpaired) electrons. The molecule has 0 spiro atoms. The monoisotopic (exact) mass is 262 g/mol. The van der Waals surface area contributed by atoms with Gasteiger partial charge in [-0.25, -0.2) is 0 Å². The van der Waals surface area contributed by atoms with Crippen molar-refractivity contribution in [1.82, 2.24) is 0 Å². The lowest BCUT2D eigenvalue weighted by atomic mass is 9.95. The zero-order valence-corrected chi connectivity index (χ0v) is 11.5. The standard InChI is InChI=1S/C12H22O6/c1-7-9-10(8(13)6-16-7)18-12(3,15-5)11(2,14-4)17-9/h7-10,13H,6H2,1-5H3/t7?,8-,9+,10+,11-,12?/m0/s1. The number of fused-ring (bicyclic) bond motifs is 1. The topological polar surface area (TPSA) is 66.4 Å². The first kappa shape index (κ1) is 14.2. The van der Waals surface area contributed by atoms with Crippen LogP contribution in [0.25, 0.3) is 0 Å². The summed E-state index contributed by atoms with van der Waals surface area (Å²) in [6.45, 7) is 5.60. The van der Waals surface area contributed by atoms with E-state index in [1.165, 1.54) is 14.2 Å². The fourth-order valence-electron chi connectivity index (χ4n) is 2.44. The second kappa shape index (κ2) is 4.70. The lowest BCUT2D eigenvalue weighted by Gasteiger charge is -2.55. The maximum Gasteiger partial charge on any atom is 0.220 e. The first-order chi connectivity index (χ1) is 8.37. The largest absolute Gasteiger partial charge is 0.388 e. The molecule has 0 amide bonds. The van der Waals surface area contributed by atoms with Gasteiger partial charge in [-0.2, -0.15) is 0 Å². The number of hydrogen-bond donors (Lipinski definition) is 1. The van der Waals surface area contributed by atoms with Crippen LogP contribution in [0.1, 0.15) is 20.8 Å². The van der Waals surface area contributed by atoms with E-state index in [-0.39, 0.29) is 18.8 Å². The van der Waals surface area contributed by atoms with Crippen molar-refractivity contribution in [2.24, 2.45) is 0 Å². The Morgan fingerprint density at radius 1 is 1.06 bits per heavy atom. The van der Waals surface area contributed by atoms with Gasteiger partial charge < -0.3 is 28.8 Å².